The molecule has 0 fully saturated rings. The van der Waals surface area contributed by atoms with Crippen molar-refractivity contribution in [2.24, 2.45) is 0 Å². The summed E-state index contributed by atoms with van der Waals surface area (Å²) in [5.41, 5.74) is 1.63. The van der Waals surface area contributed by atoms with Crippen LogP contribution in [0.2, 0.25) is 0 Å². The van der Waals surface area contributed by atoms with Gasteiger partial charge in [-0.1, -0.05) is 37.3 Å². The Hall–Kier alpha value is -3.56. The number of carbonyl (C=O) groups excluding carboxylic acids is 3. The molecule has 1 heterocycles. The van der Waals surface area contributed by atoms with Crippen molar-refractivity contribution in [2.75, 3.05) is 19.7 Å². The Balaban J connectivity index is 1.72. The summed E-state index contributed by atoms with van der Waals surface area (Å²) in [7, 11) is 0. The highest BCUT2D eigenvalue weighted by atomic mass is 19.1. The standard InChI is InChI=1S/C27H29FN2O6/c1-2-21(32)27(35)30(12-10-16-6-5-7-17(28)14-16)20-15-19(26(34)29-11-13-31)23-18-8-3-4-9-22(18)36-25(23)24(20)33/h3-9,14-15,20,23-25,31,33H,2,10-13H2,1H3,(H,29,34). The number of rotatable bonds is 9. The third-order valence-electron chi connectivity index (χ3n) is 6.59. The maximum absolute atomic E-state index is 13.7. The van der Waals surface area contributed by atoms with E-state index in [0.717, 1.165) is 5.56 Å². The highest BCUT2D eigenvalue weighted by molar-refractivity contribution is 6.36. The summed E-state index contributed by atoms with van der Waals surface area (Å²) in [5.74, 6) is -2.38. The van der Waals surface area contributed by atoms with Crippen LogP contribution in [0.4, 0.5) is 4.39 Å². The van der Waals surface area contributed by atoms with Gasteiger partial charge in [0, 0.05) is 30.6 Å². The van der Waals surface area contributed by atoms with E-state index in [1.807, 2.05) is 6.07 Å². The number of nitrogens with zero attached hydrogens (tertiary/aromatic N) is 1. The molecular weight excluding hydrogens is 467 g/mol. The van der Waals surface area contributed by atoms with Gasteiger partial charge in [0.25, 0.3) is 5.91 Å². The van der Waals surface area contributed by atoms with Crippen molar-refractivity contribution in [1.82, 2.24) is 10.2 Å². The van der Waals surface area contributed by atoms with Crippen molar-refractivity contribution >= 4 is 17.6 Å². The van der Waals surface area contributed by atoms with Gasteiger partial charge < -0.3 is 25.2 Å². The molecule has 2 aromatic carbocycles. The number of hydrogen-bond acceptors (Lipinski definition) is 6. The van der Waals surface area contributed by atoms with E-state index in [9.17, 15) is 29.0 Å². The normalized spacial score (nSPS) is 22.1. The molecule has 4 rings (SSSR count). The number of Topliss-reactive ketones (excluding diaryl/α,β-unsaturated/α-hetero) is 1. The molecule has 2 amide bonds. The van der Waals surface area contributed by atoms with Gasteiger partial charge in [-0.05, 0) is 36.3 Å². The van der Waals surface area contributed by atoms with E-state index >= 15 is 0 Å². The monoisotopic (exact) mass is 496 g/mol. The number of ketones is 1. The number of hydrogen-bond donors (Lipinski definition) is 3. The van der Waals surface area contributed by atoms with Gasteiger partial charge in [0.2, 0.25) is 11.7 Å². The summed E-state index contributed by atoms with van der Waals surface area (Å²) in [5, 5.41) is 23.2. The van der Waals surface area contributed by atoms with Crippen LogP contribution in [-0.2, 0) is 20.8 Å². The van der Waals surface area contributed by atoms with E-state index in [2.05, 4.69) is 5.32 Å². The van der Waals surface area contributed by atoms with E-state index < -0.39 is 47.6 Å². The fourth-order valence-corrected chi connectivity index (χ4v) is 4.83. The number of ether oxygens (including phenoxy) is 1. The molecule has 3 N–H and O–H groups in total. The van der Waals surface area contributed by atoms with E-state index in [1.54, 1.807) is 37.3 Å². The zero-order chi connectivity index (χ0) is 25.8. The number of fused-ring (bicyclic) bond motifs is 3. The largest absolute Gasteiger partial charge is 0.486 e. The van der Waals surface area contributed by atoms with Crippen LogP contribution in [-0.4, -0.2) is 70.7 Å². The summed E-state index contributed by atoms with van der Waals surface area (Å²) in [4.78, 5) is 40.0. The van der Waals surface area contributed by atoms with Gasteiger partial charge >= 0.3 is 0 Å². The van der Waals surface area contributed by atoms with Crippen LogP contribution in [0.25, 0.3) is 0 Å². The molecule has 0 bridgehead atoms. The predicted octanol–water partition coefficient (Wildman–Crippen LogP) is 1.50. The third-order valence-corrected chi connectivity index (χ3v) is 6.59. The number of aliphatic hydroxyl groups excluding tert-OH is 2. The lowest BCUT2D eigenvalue weighted by Gasteiger charge is -2.40. The summed E-state index contributed by atoms with van der Waals surface area (Å²) in [6.45, 7) is 1.36. The highest BCUT2D eigenvalue weighted by Crippen LogP contribution is 2.47. The van der Waals surface area contributed by atoms with Gasteiger partial charge in [-0.3, -0.25) is 14.4 Å². The van der Waals surface area contributed by atoms with Gasteiger partial charge in [-0.2, -0.15) is 0 Å². The van der Waals surface area contributed by atoms with Crippen LogP contribution >= 0.6 is 0 Å². The van der Waals surface area contributed by atoms with Gasteiger partial charge in [0.05, 0.1) is 18.6 Å². The first kappa shape index (κ1) is 25.5. The molecule has 0 spiro atoms. The Morgan fingerprint density at radius 2 is 1.92 bits per heavy atom. The number of aliphatic hydroxyl groups is 2. The quantitative estimate of drug-likeness (QED) is 0.453. The Labute approximate surface area is 208 Å². The second-order valence-electron chi connectivity index (χ2n) is 8.84. The number of amides is 2. The van der Waals surface area contributed by atoms with Crippen LogP contribution in [0.3, 0.4) is 0 Å². The first-order chi connectivity index (χ1) is 17.3. The first-order valence-corrected chi connectivity index (χ1v) is 12.0. The fraction of sp³-hybridized carbons (Fsp3) is 0.370. The number of halogens is 1. The lowest BCUT2D eigenvalue weighted by molar-refractivity contribution is -0.148. The van der Waals surface area contributed by atoms with Crippen molar-refractivity contribution in [3.8, 4) is 5.75 Å². The maximum Gasteiger partial charge on any atom is 0.290 e. The topological polar surface area (TPSA) is 116 Å². The van der Waals surface area contributed by atoms with E-state index in [4.69, 9.17) is 4.74 Å². The van der Waals surface area contributed by atoms with E-state index in [1.165, 1.54) is 23.1 Å². The van der Waals surface area contributed by atoms with Crippen molar-refractivity contribution in [3.63, 3.8) is 0 Å². The zero-order valence-corrected chi connectivity index (χ0v) is 19.9. The Morgan fingerprint density at radius 3 is 2.64 bits per heavy atom. The minimum Gasteiger partial charge on any atom is -0.486 e. The van der Waals surface area contributed by atoms with Crippen molar-refractivity contribution in [1.29, 1.82) is 0 Å². The molecule has 9 heteroatoms. The molecule has 4 unspecified atom stereocenters. The Morgan fingerprint density at radius 1 is 1.14 bits per heavy atom. The lowest BCUT2D eigenvalue weighted by atomic mass is 9.77. The molecule has 0 saturated heterocycles. The van der Waals surface area contributed by atoms with Crippen molar-refractivity contribution in [3.05, 3.63) is 77.1 Å². The second-order valence-corrected chi connectivity index (χ2v) is 8.84. The molecule has 8 nitrogen and oxygen atoms in total. The minimum atomic E-state index is -1.24. The summed E-state index contributed by atoms with van der Waals surface area (Å²) >= 11 is 0. The van der Waals surface area contributed by atoms with Gasteiger partial charge in [-0.15, -0.1) is 0 Å². The molecule has 2 aliphatic rings. The van der Waals surface area contributed by atoms with Gasteiger partial charge in [0.1, 0.15) is 23.8 Å². The molecular formula is C27H29FN2O6. The Kier molecular flexibility index (Phi) is 7.81. The molecule has 0 radical (unpaired) electrons. The third kappa shape index (κ3) is 5.03. The molecule has 0 saturated carbocycles. The van der Waals surface area contributed by atoms with Crippen LogP contribution in [0, 0.1) is 5.82 Å². The van der Waals surface area contributed by atoms with E-state index in [-0.39, 0.29) is 38.1 Å². The molecule has 2 aromatic rings. The molecule has 1 aliphatic carbocycles. The number of benzene rings is 2. The summed E-state index contributed by atoms with van der Waals surface area (Å²) in [6.07, 6.45) is -0.388. The number of para-hydroxylation sites is 1. The van der Waals surface area contributed by atoms with Crippen LogP contribution < -0.4 is 10.1 Å². The summed E-state index contributed by atoms with van der Waals surface area (Å²) < 4.78 is 19.7. The SMILES string of the molecule is CCC(=O)C(=O)N(CCc1cccc(F)c1)C1C=C(C(=O)NCCO)C2c3ccccc3OC2C1O. The second kappa shape index (κ2) is 11.0. The predicted molar refractivity (Wildman–Crippen MR) is 129 cm³/mol. The molecule has 0 aromatic heterocycles. The summed E-state index contributed by atoms with van der Waals surface area (Å²) in [6, 6.07) is 12.0. The average Bonchev–Trinajstić information content (AvgIpc) is 3.28. The van der Waals surface area contributed by atoms with Gasteiger partial charge in [-0.25, -0.2) is 4.39 Å². The van der Waals surface area contributed by atoms with Crippen LogP contribution in [0.5, 0.6) is 5.75 Å². The molecule has 1 aliphatic heterocycles. The van der Waals surface area contributed by atoms with Crippen LogP contribution in [0.15, 0.2) is 60.2 Å². The average molecular weight is 497 g/mol. The smallest absolute Gasteiger partial charge is 0.290 e. The minimum absolute atomic E-state index is 0.0160. The van der Waals surface area contributed by atoms with Crippen molar-refractivity contribution < 1.29 is 33.7 Å². The van der Waals surface area contributed by atoms with Crippen LogP contribution in [0.1, 0.15) is 30.4 Å². The highest BCUT2D eigenvalue weighted by Gasteiger charge is 2.50. The zero-order valence-electron chi connectivity index (χ0n) is 19.9. The fourth-order valence-electron chi connectivity index (χ4n) is 4.83. The Bertz CT molecular complexity index is 1180. The molecule has 190 valence electrons. The number of carbonyl (C=O) groups is 3. The molecule has 4 atom stereocenters. The first-order valence-electron chi connectivity index (χ1n) is 12.0. The van der Waals surface area contributed by atoms with E-state index in [0.29, 0.717) is 11.3 Å². The molecule has 36 heavy (non-hydrogen) atoms. The lowest BCUT2D eigenvalue weighted by Crippen LogP contribution is -2.57. The number of nitrogens with one attached hydrogen (secondary N) is 1. The maximum atomic E-state index is 13.7. The van der Waals surface area contributed by atoms with Gasteiger partial charge in [0.15, 0.2) is 0 Å². The van der Waals surface area contributed by atoms with Crippen molar-refractivity contribution in [2.45, 2.75) is 43.9 Å².